The van der Waals surface area contributed by atoms with Gasteiger partial charge in [0.05, 0.1) is 4.92 Å². The van der Waals surface area contributed by atoms with Crippen LogP contribution in [0.4, 0.5) is 5.69 Å². The van der Waals surface area contributed by atoms with Gasteiger partial charge in [0.1, 0.15) is 4.32 Å². The molecule has 0 heterocycles. The minimum absolute atomic E-state index is 0.0748. The van der Waals surface area contributed by atoms with Crippen LogP contribution < -0.4 is 10.9 Å². The van der Waals surface area contributed by atoms with Gasteiger partial charge in [-0.1, -0.05) is 12.2 Å². The molecular formula is C8H7N3O3S2. The number of hydrogen-bond donors (Lipinski definition) is 3. The molecule has 0 saturated carbocycles. The number of hydrogen-bond acceptors (Lipinski definition) is 4. The summed E-state index contributed by atoms with van der Waals surface area (Å²) in [6.07, 6.45) is 0. The normalized spacial score (nSPS) is 9.31. The van der Waals surface area contributed by atoms with E-state index in [2.05, 4.69) is 35.7 Å². The zero-order valence-corrected chi connectivity index (χ0v) is 9.55. The summed E-state index contributed by atoms with van der Waals surface area (Å²) in [6.45, 7) is 0. The van der Waals surface area contributed by atoms with E-state index in [0.29, 0.717) is 0 Å². The van der Waals surface area contributed by atoms with Crippen molar-refractivity contribution in [2.75, 3.05) is 0 Å². The molecule has 0 aliphatic carbocycles. The minimum atomic E-state index is -0.539. The van der Waals surface area contributed by atoms with Gasteiger partial charge in [0.2, 0.25) is 0 Å². The first-order chi connectivity index (χ1) is 7.50. The van der Waals surface area contributed by atoms with Gasteiger partial charge in [-0.15, -0.1) is 12.6 Å². The van der Waals surface area contributed by atoms with Crippen molar-refractivity contribution < 1.29 is 9.72 Å². The second-order valence-electron chi connectivity index (χ2n) is 2.69. The molecule has 0 bridgehead atoms. The highest BCUT2D eigenvalue weighted by Crippen LogP contribution is 2.11. The number of non-ortho nitro benzene ring substituents is 1. The fraction of sp³-hybridized carbons (Fsp3) is 0. The molecule has 1 rings (SSSR count). The summed E-state index contributed by atoms with van der Waals surface area (Å²) in [7, 11) is 0. The molecule has 1 amide bonds. The summed E-state index contributed by atoms with van der Waals surface area (Å²) in [6, 6.07) is 5.18. The fourth-order valence-electron chi connectivity index (χ4n) is 0.917. The molecule has 1 aromatic carbocycles. The third-order valence-corrected chi connectivity index (χ3v) is 1.84. The molecule has 1 aromatic rings. The zero-order valence-electron chi connectivity index (χ0n) is 7.84. The summed E-state index contributed by atoms with van der Waals surface area (Å²) >= 11 is 8.31. The van der Waals surface area contributed by atoms with E-state index in [0.717, 1.165) is 0 Å². The Bertz CT molecular complexity index is 433. The average molecular weight is 257 g/mol. The molecule has 0 fully saturated rings. The second-order valence-corrected chi connectivity index (χ2v) is 3.85. The van der Waals surface area contributed by atoms with Crippen LogP contribution in [-0.2, 0) is 0 Å². The highest BCUT2D eigenvalue weighted by Gasteiger charge is 2.08. The SMILES string of the molecule is O=C(NNC(=S)S)c1ccc([N+](=O)[O-])cc1. The van der Waals surface area contributed by atoms with Crippen molar-refractivity contribution in [3.8, 4) is 0 Å². The lowest BCUT2D eigenvalue weighted by Crippen LogP contribution is -2.38. The van der Waals surface area contributed by atoms with E-state index in [9.17, 15) is 14.9 Å². The number of nitro groups is 1. The Kier molecular flexibility index (Phi) is 4.20. The Labute approximate surface area is 102 Å². The Balaban J connectivity index is 2.70. The number of hydrazine groups is 1. The first-order valence-corrected chi connectivity index (χ1v) is 4.90. The maximum atomic E-state index is 11.4. The van der Waals surface area contributed by atoms with Gasteiger partial charge in [-0.25, -0.2) is 0 Å². The number of amides is 1. The van der Waals surface area contributed by atoms with Gasteiger partial charge in [-0.05, 0) is 12.1 Å². The molecule has 2 N–H and O–H groups in total. The predicted octanol–water partition coefficient (Wildman–Crippen LogP) is 1.04. The van der Waals surface area contributed by atoms with E-state index >= 15 is 0 Å². The molecule has 0 atom stereocenters. The maximum Gasteiger partial charge on any atom is 0.269 e. The minimum Gasteiger partial charge on any atom is -0.283 e. The van der Waals surface area contributed by atoms with Crippen LogP contribution in [0.3, 0.4) is 0 Å². The van der Waals surface area contributed by atoms with Crippen molar-refractivity contribution in [1.29, 1.82) is 0 Å². The number of nitro benzene ring substituents is 1. The Morgan fingerprint density at radius 3 is 2.31 bits per heavy atom. The number of thiocarbonyl (C=S) groups is 1. The number of rotatable bonds is 2. The van der Waals surface area contributed by atoms with Gasteiger partial charge in [0.15, 0.2) is 0 Å². The van der Waals surface area contributed by atoms with Crippen molar-refractivity contribution in [3.05, 3.63) is 39.9 Å². The molecule has 8 heteroatoms. The number of benzene rings is 1. The Morgan fingerprint density at radius 2 is 1.88 bits per heavy atom. The van der Waals surface area contributed by atoms with Gasteiger partial charge in [0, 0.05) is 17.7 Å². The standard InChI is InChI=1S/C8H7N3O3S2/c12-7(9-10-8(15)16)5-1-3-6(4-2-5)11(13)14/h1-4H,(H,9,12)(H2,10,15,16). The molecule has 0 aliphatic heterocycles. The molecule has 16 heavy (non-hydrogen) atoms. The lowest BCUT2D eigenvalue weighted by molar-refractivity contribution is -0.384. The molecule has 6 nitrogen and oxygen atoms in total. The van der Waals surface area contributed by atoms with E-state index in [-0.39, 0.29) is 15.6 Å². The van der Waals surface area contributed by atoms with Crippen molar-refractivity contribution in [1.82, 2.24) is 10.9 Å². The first kappa shape index (κ1) is 12.4. The quantitative estimate of drug-likeness (QED) is 0.319. The zero-order chi connectivity index (χ0) is 12.1. The molecule has 0 aromatic heterocycles. The first-order valence-electron chi connectivity index (χ1n) is 4.04. The number of nitrogens with one attached hydrogen (secondary N) is 2. The molecule has 0 saturated heterocycles. The van der Waals surface area contributed by atoms with Crippen molar-refractivity contribution in [2.24, 2.45) is 0 Å². The second kappa shape index (κ2) is 5.42. The average Bonchev–Trinajstić information content (AvgIpc) is 2.26. The van der Waals surface area contributed by atoms with Crippen LogP contribution in [0.2, 0.25) is 0 Å². The summed E-state index contributed by atoms with van der Waals surface area (Å²) in [5.41, 5.74) is 4.82. The van der Waals surface area contributed by atoms with Gasteiger partial charge in [-0.2, -0.15) is 0 Å². The van der Waals surface area contributed by atoms with Gasteiger partial charge >= 0.3 is 0 Å². The third-order valence-electron chi connectivity index (χ3n) is 1.62. The lowest BCUT2D eigenvalue weighted by Gasteiger charge is -2.05. The van der Waals surface area contributed by atoms with Crippen LogP contribution in [-0.4, -0.2) is 15.2 Å². The Morgan fingerprint density at radius 1 is 1.31 bits per heavy atom. The maximum absolute atomic E-state index is 11.4. The number of nitrogens with zero attached hydrogens (tertiary/aromatic N) is 1. The van der Waals surface area contributed by atoms with Crippen LogP contribution in [0.25, 0.3) is 0 Å². The number of carbonyl (C=O) groups excluding carboxylic acids is 1. The van der Waals surface area contributed by atoms with E-state index < -0.39 is 10.8 Å². The van der Waals surface area contributed by atoms with E-state index in [1.807, 2.05) is 0 Å². The monoisotopic (exact) mass is 257 g/mol. The number of thiol groups is 1. The van der Waals surface area contributed by atoms with E-state index in [4.69, 9.17) is 0 Å². The molecule has 0 radical (unpaired) electrons. The van der Waals surface area contributed by atoms with Gasteiger partial charge in [0.25, 0.3) is 11.6 Å². The highest BCUT2D eigenvalue weighted by molar-refractivity contribution is 8.11. The highest BCUT2D eigenvalue weighted by atomic mass is 32.1. The fourth-order valence-corrected chi connectivity index (χ4v) is 1.02. The predicted molar refractivity (Wildman–Crippen MR) is 65.3 cm³/mol. The van der Waals surface area contributed by atoms with Crippen molar-refractivity contribution >= 4 is 40.8 Å². The van der Waals surface area contributed by atoms with Gasteiger partial charge in [-0.3, -0.25) is 25.8 Å². The lowest BCUT2D eigenvalue weighted by atomic mass is 10.2. The summed E-state index contributed by atoms with van der Waals surface area (Å²) < 4.78 is 0.121. The summed E-state index contributed by atoms with van der Waals surface area (Å²) in [5.74, 6) is -0.453. The van der Waals surface area contributed by atoms with Crippen LogP contribution in [0, 0.1) is 10.1 Å². The van der Waals surface area contributed by atoms with Crippen LogP contribution in [0.5, 0.6) is 0 Å². The van der Waals surface area contributed by atoms with E-state index in [1.165, 1.54) is 24.3 Å². The van der Waals surface area contributed by atoms with Crippen LogP contribution >= 0.6 is 24.8 Å². The van der Waals surface area contributed by atoms with Gasteiger partial charge < -0.3 is 0 Å². The van der Waals surface area contributed by atoms with Crippen molar-refractivity contribution in [2.45, 2.75) is 0 Å². The van der Waals surface area contributed by atoms with Crippen LogP contribution in [0.15, 0.2) is 24.3 Å². The molecule has 0 spiro atoms. The molecule has 0 unspecified atom stereocenters. The smallest absolute Gasteiger partial charge is 0.269 e. The molecule has 0 aliphatic rings. The summed E-state index contributed by atoms with van der Waals surface area (Å²) in [5, 5.41) is 10.4. The largest absolute Gasteiger partial charge is 0.283 e. The van der Waals surface area contributed by atoms with E-state index in [1.54, 1.807) is 0 Å². The van der Waals surface area contributed by atoms with Crippen molar-refractivity contribution in [3.63, 3.8) is 0 Å². The molecular weight excluding hydrogens is 250 g/mol. The van der Waals surface area contributed by atoms with Crippen LogP contribution in [0.1, 0.15) is 10.4 Å². The summed E-state index contributed by atoms with van der Waals surface area (Å²) in [4.78, 5) is 21.2. The third kappa shape index (κ3) is 3.48. The molecule has 84 valence electrons. The number of carbonyl (C=O) groups is 1. The Hall–Kier alpha value is -1.67. The topological polar surface area (TPSA) is 84.3 Å².